The van der Waals surface area contributed by atoms with Gasteiger partial charge in [0, 0.05) is 13.9 Å². The van der Waals surface area contributed by atoms with Crippen LogP contribution in [0.5, 0.6) is 0 Å². The van der Waals surface area contributed by atoms with Crippen LogP contribution in [0.2, 0.25) is 0 Å². The minimum absolute atomic E-state index is 0.0271. The van der Waals surface area contributed by atoms with Crippen molar-refractivity contribution >= 4 is 5.97 Å². The van der Waals surface area contributed by atoms with Crippen LogP contribution in [-0.2, 0) is 19.0 Å². The second-order valence-corrected chi connectivity index (χ2v) is 16.9. The van der Waals surface area contributed by atoms with Crippen molar-refractivity contribution in [1.29, 1.82) is 0 Å². The molecule has 0 aromatic carbocycles. The Labute approximate surface area is 255 Å². The molecule has 1 unspecified atom stereocenters. The first-order valence-electron chi connectivity index (χ1n) is 18.6. The third-order valence-electron chi connectivity index (χ3n) is 12.8. The molecule has 0 spiro atoms. The van der Waals surface area contributed by atoms with E-state index in [4.69, 9.17) is 14.2 Å². The molecule has 4 nitrogen and oxygen atoms in total. The van der Waals surface area contributed by atoms with E-state index in [0.29, 0.717) is 42.6 Å². The third-order valence-corrected chi connectivity index (χ3v) is 12.8. The summed E-state index contributed by atoms with van der Waals surface area (Å²) in [6, 6.07) is 0. The Morgan fingerprint density at radius 2 is 1.73 bits per heavy atom. The number of ether oxygens (including phenoxy) is 3. The molecule has 4 heteroatoms. The van der Waals surface area contributed by atoms with Gasteiger partial charge in [-0.05, 0) is 138 Å². The fourth-order valence-electron chi connectivity index (χ4n) is 10.4. The Morgan fingerprint density at radius 1 is 0.976 bits per heavy atom. The number of fused-ring (bicyclic) bond motifs is 5. The van der Waals surface area contributed by atoms with Crippen molar-refractivity contribution in [2.75, 3.05) is 6.61 Å². The van der Waals surface area contributed by atoms with Crippen molar-refractivity contribution < 1.29 is 21.7 Å². The minimum atomic E-state index is -1.33. The summed E-state index contributed by atoms with van der Waals surface area (Å²) in [6.07, 6.45) is 11.3. The highest BCUT2D eigenvalue weighted by Gasteiger charge is 2.63. The SMILES string of the molecule is [2H][C@@H]1C[C@@]2(C)[C@H](C[C@@]1([2H])OC1CCCCO1)[C@H](OC(=O)C(C)(C)C)C[C@@H]1[C@@H]2CC[C@]2(C)[C@@H]([C@H](C)CCCC(C)C)CC[C@@H]12. The molecule has 0 aromatic rings. The minimum Gasteiger partial charge on any atom is -0.462 e. The Morgan fingerprint density at radius 3 is 2.41 bits per heavy atom. The normalized spacial score (nSPS) is 47.9. The average Bonchev–Trinajstić information content (AvgIpc) is 3.27. The molecule has 12 atom stereocenters. The van der Waals surface area contributed by atoms with Gasteiger partial charge in [-0.1, -0.05) is 53.9 Å². The zero-order chi connectivity index (χ0) is 31.4. The Balaban J connectivity index is 1.41. The van der Waals surface area contributed by atoms with Crippen molar-refractivity contribution in [1.82, 2.24) is 0 Å². The molecule has 41 heavy (non-hydrogen) atoms. The van der Waals surface area contributed by atoms with Crippen LogP contribution in [0.3, 0.4) is 0 Å². The van der Waals surface area contributed by atoms with Crippen molar-refractivity contribution in [2.45, 2.75) is 164 Å². The first-order valence-corrected chi connectivity index (χ1v) is 17.5. The average molecular weight is 575 g/mol. The predicted octanol–water partition coefficient (Wildman–Crippen LogP) is 9.59. The lowest BCUT2D eigenvalue weighted by molar-refractivity contribution is -0.230. The van der Waals surface area contributed by atoms with Crippen molar-refractivity contribution in [3.63, 3.8) is 0 Å². The summed E-state index contributed by atoms with van der Waals surface area (Å²) in [5.74, 6) is 3.86. The van der Waals surface area contributed by atoms with Gasteiger partial charge in [-0.15, -0.1) is 0 Å². The second kappa shape index (κ2) is 12.4. The van der Waals surface area contributed by atoms with Crippen LogP contribution in [0.15, 0.2) is 0 Å². The van der Waals surface area contributed by atoms with Crippen LogP contribution in [-0.4, -0.2) is 31.1 Å². The maximum atomic E-state index is 13.4. The quantitative estimate of drug-likeness (QED) is 0.214. The first-order chi connectivity index (χ1) is 20.1. The van der Waals surface area contributed by atoms with Crippen molar-refractivity contribution in [3.05, 3.63) is 0 Å². The summed E-state index contributed by atoms with van der Waals surface area (Å²) in [4.78, 5) is 13.4. The standard InChI is InChI=1S/C37H64O4/c1-24(2)12-11-13-25(3)28-15-16-29-27-23-32(41-34(38)35(4,5)6)31-22-26(40-33-14-9-10-21-39-33)17-19-37(31,8)30(27)18-20-36(28,29)7/h24-33H,9-23H2,1-8H3/t25-,26+,27+,28-,29+,30+,31-,32-,33?,36-,37-/m1/s1/i17D,26D/t17-,25-,26+,27+,28-,29+,30+,31-,32-,33?,36-,37-. The molecule has 0 N–H and O–H groups in total. The molecular weight excluding hydrogens is 508 g/mol. The Kier molecular flexibility index (Phi) is 8.82. The number of esters is 1. The molecule has 0 radical (unpaired) electrons. The number of hydrogen-bond acceptors (Lipinski definition) is 4. The van der Waals surface area contributed by atoms with E-state index in [2.05, 4.69) is 34.6 Å². The van der Waals surface area contributed by atoms with Crippen LogP contribution >= 0.6 is 0 Å². The Bertz CT molecular complexity index is 974. The van der Waals surface area contributed by atoms with Crippen molar-refractivity contribution in [3.8, 4) is 0 Å². The van der Waals surface area contributed by atoms with Crippen LogP contribution in [0.1, 0.15) is 148 Å². The van der Waals surface area contributed by atoms with E-state index in [0.717, 1.165) is 43.4 Å². The van der Waals surface area contributed by atoms with Crippen molar-refractivity contribution in [2.24, 2.45) is 57.7 Å². The van der Waals surface area contributed by atoms with E-state index in [1.165, 1.54) is 44.9 Å². The molecule has 4 aliphatic carbocycles. The largest absolute Gasteiger partial charge is 0.462 e. The maximum absolute atomic E-state index is 13.4. The fraction of sp³-hybridized carbons (Fsp3) is 0.973. The zero-order valence-electron chi connectivity index (χ0n) is 29.8. The van der Waals surface area contributed by atoms with E-state index in [9.17, 15) is 7.54 Å². The molecule has 5 aliphatic rings. The summed E-state index contributed by atoms with van der Waals surface area (Å²) in [5, 5.41) is 0. The summed E-state index contributed by atoms with van der Waals surface area (Å²) in [5.41, 5.74) is -0.368. The predicted molar refractivity (Wildman–Crippen MR) is 166 cm³/mol. The van der Waals surface area contributed by atoms with Gasteiger partial charge in [0.25, 0.3) is 0 Å². The van der Waals surface area contributed by atoms with Crippen LogP contribution < -0.4 is 0 Å². The number of hydrogen-bond donors (Lipinski definition) is 0. The molecule has 0 amide bonds. The number of carbonyl (C=O) groups excluding carboxylic acids is 1. The van der Waals surface area contributed by atoms with Gasteiger partial charge >= 0.3 is 5.97 Å². The molecular formula is C37H64O4. The zero-order valence-corrected chi connectivity index (χ0v) is 27.8. The first kappa shape index (κ1) is 29.1. The summed E-state index contributed by atoms with van der Waals surface area (Å²) in [7, 11) is 0. The molecule has 1 aliphatic heterocycles. The lowest BCUT2D eigenvalue weighted by atomic mass is 9.43. The van der Waals surface area contributed by atoms with Gasteiger partial charge in [-0.2, -0.15) is 0 Å². The van der Waals surface area contributed by atoms with E-state index >= 15 is 0 Å². The number of carbonyl (C=O) groups is 1. The lowest BCUT2D eigenvalue weighted by Gasteiger charge is -2.63. The van der Waals surface area contributed by atoms with Gasteiger partial charge in [0.05, 0.1) is 12.9 Å². The lowest BCUT2D eigenvalue weighted by Crippen LogP contribution is -2.59. The summed E-state index contributed by atoms with van der Waals surface area (Å²) < 4.78 is 37.6. The van der Waals surface area contributed by atoms with Crippen LogP contribution in [0, 0.1) is 57.7 Å². The molecule has 1 saturated heterocycles. The maximum Gasteiger partial charge on any atom is 0.311 e. The summed E-state index contributed by atoms with van der Waals surface area (Å²) in [6.45, 7) is 18.7. The van der Waals surface area contributed by atoms with Crippen LogP contribution in [0.25, 0.3) is 0 Å². The van der Waals surface area contributed by atoms with Gasteiger partial charge in [0.2, 0.25) is 0 Å². The van der Waals surface area contributed by atoms with E-state index in [-0.39, 0.29) is 23.4 Å². The number of rotatable bonds is 8. The van der Waals surface area contributed by atoms with E-state index in [1.54, 1.807) is 0 Å². The molecule has 0 aromatic heterocycles. The summed E-state index contributed by atoms with van der Waals surface area (Å²) >= 11 is 0. The second-order valence-electron chi connectivity index (χ2n) is 16.9. The molecule has 5 rings (SSSR count). The van der Waals surface area contributed by atoms with Gasteiger partial charge in [-0.3, -0.25) is 4.79 Å². The Hall–Kier alpha value is -0.610. The molecule has 1 heterocycles. The fourth-order valence-corrected chi connectivity index (χ4v) is 10.4. The van der Waals surface area contributed by atoms with Gasteiger partial charge < -0.3 is 14.2 Å². The van der Waals surface area contributed by atoms with Gasteiger partial charge in [0.15, 0.2) is 6.29 Å². The molecule has 236 valence electrons. The molecule has 0 bridgehead atoms. The smallest absolute Gasteiger partial charge is 0.311 e. The van der Waals surface area contributed by atoms with Gasteiger partial charge in [-0.25, -0.2) is 0 Å². The highest BCUT2D eigenvalue weighted by Crippen LogP contribution is 2.69. The highest BCUT2D eigenvalue weighted by molar-refractivity contribution is 5.75. The monoisotopic (exact) mass is 574 g/mol. The molecule has 4 saturated carbocycles. The van der Waals surface area contributed by atoms with Gasteiger partial charge in [0.1, 0.15) is 6.10 Å². The van der Waals surface area contributed by atoms with E-state index < -0.39 is 24.2 Å². The van der Waals surface area contributed by atoms with Crippen LogP contribution in [0.4, 0.5) is 0 Å². The van der Waals surface area contributed by atoms with E-state index in [1.807, 2.05) is 20.8 Å². The highest BCUT2D eigenvalue weighted by atomic mass is 16.7. The molecule has 5 fully saturated rings. The third kappa shape index (κ3) is 6.45. The topological polar surface area (TPSA) is 44.8 Å².